The SMILES string of the molecule is C=C(C)C(=N)C(=O)CCC. The number of hydrogen-bond donors (Lipinski definition) is 1. The molecule has 0 amide bonds. The molecule has 0 aliphatic carbocycles. The summed E-state index contributed by atoms with van der Waals surface area (Å²) in [6.45, 7) is 7.11. The van der Waals surface area contributed by atoms with Crippen LogP contribution in [-0.2, 0) is 4.79 Å². The number of Topliss-reactive ketones (excluding diaryl/α,β-unsaturated/α-hetero) is 1. The molecule has 0 fully saturated rings. The van der Waals surface area contributed by atoms with Gasteiger partial charge in [0.1, 0.15) is 0 Å². The fraction of sp³-hybridized carbons (Fsp3) is 0.500. The summed E-state index contributed by atoms with van der Waals surface area (Å²) in [5.41, 5.74) is 0.625. The zero-order chi connectivity index (χ0) is 8.15. The Morgan fingerprint density at radius 3 is 2.40 bits per heavy atom. The quantitative estimate of drug-likeness (QED) is 0.594. The molecule has 0 aromatic heterocycles. The highest BCUT2D eigenvalue weighted by atomic mass is 16.1. The molecule has 0 aliphatic heterocycles. The van der Waals surface area contributed by atoms with Gasteiger partial charge >= 0.3 is 0 Å². The number of carbonyl (C=O) groups excluding carboxylic acids is 1. The standard InChI is InChI=1S/C8H13NO/c1-4-5-7(10)8(9)6(2)3/h9H,2,4-5H2,1,3H3. The van der Waals surface area contributed by atoms with Gasteiger partial charge in [-0.2, -0.15) is 0 Å². The smallest absolute Gasteiger partial charge is 0.180 e. The number of rotatable bonds is 4. The molecule has 0 aliphatic rings. The van der Waals surface area contributed by atoms with E-state index in [-0.39, 0.29) is 11.5 Å². The largest absolute Gasteiger partial charge is 0.297 e. The number of allylic oxidation sites excluding steroid dienone is 1. The first-order valence-electron chi connectivity index (χ1n) is 3.37. The third kappa shape index (κ3) is 2.58. The maximum absolute atomic E-state index is 10.9. The highest BCUT2D eigenvalue weighted by Crippen LogP contribution is 1.97. The van der Waals surface area contributed by atoms with Crippen LogP contribution in [0.15, 0.2) is 12.2 Å². The number of carbonyl (C=O) groups is 1. The maximum Gasteiger partial charge on any atom is 0.180 e. The molecule has 0 rings (SSSR count). The lowest BCUT2D eigenvalue weighted by atomic mass is 10.1. The van der Waals surface area contributed by atoms with Gasteiger partial charge in [-0.05, 0) is 18.9 Å². The Morgan fingerprint density at radius 2 is 2.10 bits per heavy atom. The molecule has 0 heterocycles. The topological polar surface area (TPSA) is 40.9 Å². The lowest BCUT2D eigenvalue weighted by Gasteiger charge is -1.98. The van der Waals surface area contributed by atoms with E-state index in [2.05, 4.69) is 6.58 Å². The van der Waals surface area contributed by atoms with Crippen LogP contribution in [-0.4, -0.2) is 11.5 Å². The lowest BCUT2D eigenvalue weighted by Crippen LogP contribution is -2.12. The summed E-state index contributed by atoms with van der Waals surface area (Å²) in [5, 5.41) is 7.20. The zero-order valence-electron chi connectivity index (χ0n) is 6.53. The van der Waals surface area contributed by atoms with E-state index < -0.39 is 0 Å². The number of ketones is 1. The van der Waals surface area contributed by atoms with Crippen molar-refractivity contribution in [2.45, 2.75) is 26.7 Å². The molecule has 0 unspecified atom stereocenters. The molecule has 0 atom stereocenters. The normalized spacial score (nSPS) is 9.00. The van der Waals surface area contributed by atoms with Crippen molar-refractivity contribution in [2.24, 2.45) is 0 Å². The molecular formula is C8H13NO. The molecule has 0 aromatic carbocycles. The zero-order valence-corrected chi connectivity index (χ0v) is 6.53. The molecule has 2 nitrogen and oxygen atoms in total. The van der Waals surface area contributed by atoms with E-state index in [1.807, 2.05) is 6.92 Å². The van der Waals surface area contributed by atoms with Gasteiger partial charge in [0.05, 0.1) is 5.71 Å². The molecule has 0 bridgehead atoms. The molecule has 0 radical (unpaired) electrons. The summed E-state index contributed by atoms with van der Waals surface area (Å²) in [6, 6.07) is 0. The van der Waals surface area contributed by atoms with Crippen LogP contribution in [0.2, 0.25) is 0 Å². The predicted octanol–water partition coefficient (Wildman–Crippen LogP) is 1.95. The van der Waals surface area contributed by atoms with Crippen LogP contribution in [0, 0.1) is 5.41 Å². The van der Waals surface area contributed by atoms with Crippen LogP contribution in [0.4, 0.5) is 0 Å². The van der Waals surface area contributed by atoms with Crippen LogP contribution in [0.1, 0.15) is 26.7 Å². The summed E-state index contributed by atoms with van der Waals surface area (Å²) in [7, 11) is 0. The highest BCUT2D eigenvalue weighted by molar-refractivity contribution is 6.44. The summed E-state index contributed by atoms with van der Waals surface area (Å²) < 4.78 is 0. The average Bonchev–Trinajstić information content (AvgIpc) is 1.87. The van der Waals surface area contributed by atoms with Gasteiger partial charge in [-0.1, -0.05) is 13.5 Å². The Balaban J connectivity index is 3.96. The molecule has 2 heteroatoms. The van der Waals surface area contributed by atoms with Crippen molar-refractivity contribution in [3.63, 3.8) is 0 Å². The maximum atomic E-state index is 10.9. The first-order valence-corrected chi connectivity index (χ1v) is 3.37. The van der Waals surface area contributed by atoms with Crippen molar-refractivity contribution in [1.82, 2.24) is 0 Å². The van der Waals surface area contributed by atoms with E-state index in [0.29, 0.717) is 12.0 Å². The van der Waals surface area contributed by atoms with Gasteiger partial charge in [0.15, 0.2) is 5.78 Å². The third-order valence-corrected chi connectivity index (χ3v) is 1.18. The monoisotopic (exact) mass is 139 g/mol. The third-order valence-electron chi connectivity index (χ3n) is 1.18. The van der Waals surface area contributed by atoms with Crippen LogP contribution >= 0.6 is 0 Å². The Bertz CT molecular complexity index is 170. The molecule has 0 aromatic rings. The van der Waals surface area contributed by atoms with Crippen LogP contribution in [0.25, 0.3) is 0 Å². The van der Waals surface area contributed by atoms with Crippen molar-refractivity contribution in [2.75, 3.05) is 0 Å². The van der Waals surface area contributed by atoms with Gasteiger partial charge in [-0.25, -0.2) is 0 Å². The summed E-state index contributed by atoms with van der Waals surface area (Å²) in [4.78, 5) is 10.9. The van der Waals surface area contributed by atoms with E-state index in [1.54, 1.807) is 6.92 Å². The van der Waals surface area contributed by atoms with E-state index >= 15 is 0 Å². The van der Waals surface area contributed by atoms with Crippen molar-refractivity contribution in [3.8, 4) is 0 Å². The van der Waals surface area contributed by atoms with Gasteiger partial charge in [0.25, 0.3) is 0 Å². The van der Waals surface area contributed by atoms with Gasteiger partial charge in [0.2, 0.25) is 0 Å². The molecule has 0 spiro atoms. The molecule has 1 N–H and O–H groups in total. The first-order chi connectivity index (χ1) is 4.59. The van der Waals surface area contributed by atoms with Crippen LogP contribution in [0.5, 0.6) is 0 Å². The van der Waals surface area contributed by atoms with Crippen molar-refractivity contribution in [3.05, 3.63) is 12.2 Å². The second-order valence-corrected chi connectivity index (χ2v) is 2.33. The van der Waals surface area contributed by atoms with E-state index in [9.17, 15) is 4.79 Å². The van der Waals surface area contributed by atoms with Crippen LogP contribution in [0.3, 0.4) is 0 Å². The fourth-order valence-electron chi connectivity index (χ4n) is 0.590. The summed E-state index contributed by atoms with van der Waals surface area (Å²) >= 11 is 0. The Hall–Kier alpha value is -0.920. The number of hydrogen-bond acceptors (Lipinski definition) is 2. The van der Waals surface area contributed by atoms with Gasteiger partial charge in [-0.3, -0.25) is 10.2 Å². The van der Waals surface area contributed by atoms with E-state index in [4.69, 9.17) is 5.41 Å². The lowest BCUT2D eigenvalue weighted by molar-refractivity contribution is -0.113. The summed E-state index contributed by atoms with van der Waals surface area (Å²) in [5.74, 6) is -0.102. The van der Waals surface area contributed by atoms with Crippen molar-refractivity contribution < 1.29 is 4.79 Å². The summed E-state index contributed by atoms with van der Waals surface area (Å²) in [6.07, 6.45) is 1.26. The van der Waals surface area contributed by atoms with Crippen molar-refractivity contribution >= 4 is 11.5 Å². The minimum absolute atomic E-state index is 0.0712. The number of nitrogens with one attached hydrogen (secondary N) is 1. The Kier molecular flexibility index (Phi) is 3.62. The molecule has 0 saturated carbocycles. The van der Waals surface area contributed by atoms with Gasteiger partial charge in [-0.15, -0.1) is 0 Å². The first kappa shape index (κ1) is 9.08. The highest BCUT2D eigenvalue weighted by Gasteiger charge is 2.07. The molecule has 56 valence electrons. The second kappa shape index (κ2) is 3.99. The molecular weight excluding hydrogens is 126 g/mol. The predicted molar refractivity (Wildman–Crippen MR) is 42.5 cm³/mol. The van der Waals surface area contributed by atoms with E-state index in [1.165, 1.54) is 0 Å². The Labute approximate surface area is 61.5 Å². The van der Waals surface area contributed by atoms with Gasteiger partial charge < -0.3 is 0 Å². The Morgan fingerprint density at radius 1 is 1.60 bits per heavy atom. The molecule has 10 heavy (non-hydrogen) atoms. The average molecular weight is 139 g/mol. The van der Waals surface area contributed by atoms with Crippen molar-refractivity contribution in [1.29, 1.82) is 5.41 Å². The fourth-order valence-corrected chi connectivity index (χ4v) is 0.590. The second-order valence-electron chi connectivity index (χ2n) is 2.33. The van der Waals surface area contributed by atoms with Gasteiger partial charge in [0, 0.05) is 6.42 Å². The minimum Gasteiger partial charge on any atom is -0.297 e. The molecule has 0 saturated heterocycles. The minimum atomic E-state index is -0.102. The van der Waals surface area contributed by atoms with E-state index in [0.717, 1.165) is 6.42 Å². The van der Waals surface area contributed by atoms with Crippen LogP contribution < -0.4 is 0 Å².